The Labute approximate surface area is 94.1 Å². The summed E-state index contributed by atoms with van der Waals surface area (Å²) in [6, 6.07) is 0. The van der Waals surface area contributed by atoms with Crippen LogP contribution in [-0.2, 0) is 9.47 Å². The van der Waals surface area contributed by atoms with Gasteiger partial charge in [-0.05, 0) is 5.92 Å². The maximum Gasteiger partial charge on any atom is 0.395 e. The minimum Gasteiger partial charge on any atom is -0.379 e. The molecule has 0 aliphatic carbocycles. The highest BCUT2D eigenvalue weighted by atomic mass is 19.4. The predicted octanol–water partition coefficient (Wildman–Crippen LogP) is 1.81. The van der Waals surface area contributed by atoms with Crippen LogP contribution in [0.2, 0.25) is 0 Å². The van der Waals surface area contributed by atoms with E-state index in [2.05, 4.69) is 0 Å². The Morgan fingerprint density at radius 1 is 1.06 bits per heavy atom. The molecule has 1 unspecified atom stereocenters. The Kier molecular flexibility index (Phi) is 7.70. The minimum atomic E-state index is -4.28. The summed E-state index contributed by atoms with van der Waals surface area (Å²) in [6.45, 7) is 4.21. The summed E-state index contributed by atoms with van der Waals surface area (Å²) in [6.07, 6.45) is -4.28. The monoisotopic (exact) mass is 243 g/mol. The van der Waals surface area contributed by atoms with E-state index >= 15 is 0 Å². The molecule has 0 rings (SSSR count). The van der Waals surface area contributed by atoms with Crippen LogP contribution < -0.4 is 5.73 Å². The van der Waals surface area contributed by atoms with Crippen LogP contribution in [0.25, 0.3) is 0 Å². The van der Waals surface area contributed by atoms with E-state index in [9.17, 15) is 13.2 Å². The van der Waals surface area contributed by atoms with Gasteiger partial charge >= 0.3 is 6.18 Å². The van der Waals surface area contributed by atoms with Gasteiger partial charge in [-0.15, -0.1) is 0 Å². The Balaban J connectivity index is 3.50. The van der Waals surface area contributed by atoms with Crippen molar-refractivity contribution < 1.29 is 22.6 Å². The van der Waals surface area contributed by atoms with Gasteiger partial charge in [0, 0.05) is 13.2 Å². The lowest BCUT2D eigenvalue weighted by atomic mass is 10.1. The van der Waals surface area contributed by atoms with Crippen LogP contribution in [0.4, 0.5) is 13.2 Å². The first-order chi connectivity index (χ1) is 7.38. The van der Waals surface area contributed by atoms with Gasteiger partial charge in [0.1, 0.15) is 0 Å². The fraction of sp³-hybridized carbons (Fsp3) is 1.00. The number of alkyl halides is 3. The molecule has 0 saturated heterocycles. The quantitative estimate of drug-likeness (QED) is 0.661. The third-order valence-electron chi connectivity index (χ3n) is 1.89. The maximum absolute atomic E-state index is 12.2. The average molecular weight is 243 g/mol. The van der Waals surface area contributed by atoms with Gasteiger partial charge in [0.25, 0.3) is 0 Å². The average Bonchev–Trinajstić information content (AvgIpc) is 2.14. The summed E-state index contributed by atoms with van der Waals surface area (Å²) in [5, 5.41) is 0. The minimum absolute atomic E-state index is 0.166. The summed E-state index contributed by atoms with van der Waals surface area (Å²) in [7, 11) is 0. The molecule has 16 heavy (non-hydrogen) atoms. The lowest BCUT2D eigenvalue weighted by molar-refractivity contribution is -0.186. The van der Waals surface area contributed by atoms with E-state index in [-0.39, 0.29) is 6.61 Å². The van der Waals surface area contributed by atoms with Gasteiger partial charge in [-0.2, -0.15) is 13.2 Å². The normalized spacial score (nSPS) is 14.4. The fourth-order valence-electron chi connectivity index (χ4n) is 0.959. The highest BCUT2D eigenvalue weighted by molar-refractivity contribution is 4.67. The highest BCUT2D eigenvalue weighted by Gasteiger charge is 2.38. The zero-order chi connectivity index (χ0) is 12.6. The van der Waals surface area contributed by atoms with Crippen molar-refractivity contribution >= 4 is 0 Å². The molecule has 6 heteroatoms. The van der Waals surface area contributed by atoms with Crippen molar-refractivity contribution in [3.63, 3.8) is 0 Å². The molecule has 0 bridgehead atoms. The molecule has 0 aliphatic rings. The van der Waals surface area contributed by atoms with Crippen molar-refractivity contribution in [3.05, 3.63) is 0 Å². The molecular weight excluding hydrogens is 223 g/mol. The zero-order valence-corrected chi connectivity index (χ0v) is 9.72. The Bertz CT molecular complexity index is 174. The molecule has 1 atom stereocenters. The molecule has 2 N–H and O–H groups in total. The van der Waals surface area contributed by atoms with E-state index in [1.807, 2.05) is 13.8 Å². The first kappa shape index (κ1) is 15.7. The Morgan fingerprint density at radius 3 is 1.94 bits per heavy atom. The van der Waals surface area contributed by atoms with Crippen LogP contribution in [0, 0.1) is 11.8 Å². The predicted molar refractivity (Wildman–Crippen MR) is 55.1 cm³/mol. The van der Waals surface area contributed by atoms with Gasteiger partial charge in [0.15, 0.2) is 0 Å². The van der Waals surface area contributed by atoms with Crippen molar-refractivity contribution in [2.75, 3.05) is 33.0 Å². The largest absolute Gasteiger partial charge is 0.395 e. The summed E-state index contributed by atoms with van der Waals surface area (Å²) < 4.78 is 46.7. The smallest absolute Gasteiger partial charge is 0.379 e. The third kappa shape index (κ3) is 7.90. The van der Waals surface area contributed by atoms with Crippen molar-refractivity contribution in [1.29, 1.82) is 0 Å². The van der Waals surface area contributed by atoms with Crippen molar-refractivity contribution in [2.45, 2.75) is 20.0 Å². The molecular formula is C10H20F3NO2. The van der Waals surface area contributed by atoms with E-state index in [0.717, 1.165) is 0 Å². The Hall–Kier alpha value is -0.330. The summed E-state index contributed by atoms with van der Waals surface area (Å²) in [5.74, 6) is -1.18. The van der Waals surface area contributed by atoms with E-state index in [1.165, 1.54) is 0 Å². The number of rotatable bonds is 8. The van der Waals surface area contributed by atoms with Crippen LogP contribution in [0.5, 0.6) is 0 Å². The topological polar surface area (TPSA) is 44.5 Å². The zero-order valence-electron chi connectivity index (χ0n) is 9.72. The second-order valence-electron chi connectivity index (χ2n) is 4.02. The fourth-order valence-corrected chi connectivity index (χ4v) is 0.959. The first-order valence-corrected chi connectivity index (χ1v) is 5.30. The van der Waals surface area contributed by atoms with Gasteiger partial charge in [-0.25, -0.2) is 0 Å². The molecule has 0 amide bonds. The van der Waals surface area contributed by atoms with E-state index in [4.69, 9.17) is 15.2 Å². The molecule has 0 aromatic rings. The number of halogens is 3. The lowest BCUT2D eigenvalue weighted by Crippen LogP contribution is -2.34. The molecule has 0 saturated carbocycles. The standard InChI is InChI=1S/C10H20F3NO2/c1-8(2)6-15-3-4-16-7-9(5-14)10(11,12)13/h8-9H,3-7,14H2,1-2H3. The summed E-state index contributed by atoms with van der Waals surface area (Å²) in [4.78, 5) is 0. The summed E-state index contributed by atoms with van der Waals surface area (Å²) >= 11 is 0. The van der Waals surface area contributed by atoms with E-state index < -0.39 is 25.2 Å². The van der Waals surface area contributed by atoms with Gasteiger partial charge in [0.05, 0.1) is 25.7 Å². The van der Waals surface area contributed by atoms with Gasteiger partial charge in [0.2, 0.25) is 0 Å². The highest BCUT2D eigenvalue weighted by Crippen LogP contribution is 2.25. The first-order valence-electron chi connectivity index (χ1n) is 5.30. The number of hydrogen-bond acceptors (Lipinski definition) is 3. The van der Waals surface area contributed by atoms with E-state index in [1.54, 1.807) is 0 Å². The Morgan fingerprint density at radius 2 is 1.56 bits per heavy atom. The molecule has 3 nitrogen and oxygen atoms in total. The molecule has 0 aromatic carbocycles. The van der Waals surface area contributed by atoms with Crippen LogP contribution in [0.15, 0.2) is 0 Å². The molecule has 0 aliphatic heterocycles. The van der Waals surface area contributed by atoms with Crippen LogP contribution >= 0.6 is 0 Å². The van der Waals surface area contributed by atoms with Crippen LogP contribution in [0.3, 0.4) is 0 Å². The van der Waals surface area contributed by atoms with Crippen LogP contribution in [-0.4, -0.2) is 39.1 Å². The van der Waals surface area contributed by atoms with E-state index in [0.29, 0.717) is 19.1 Å². The molecule has 0 aromatic heterocycles. The SMILES string of the molecule is CC(C)COCCOCC(CN)C(F)(F)F. The van der Waals surface area contributed by atoms with Gasteiger partial charge in [-0.1, -0.05) is 13.8 Å². The molecule has 98 valence electrons. The van der Waals surface area contributed by atoms with Crippen molar-refractivity contribution in [2.24, 2.45) is 17.6 Å². The second-order valence-corrected chi connectivity index (χ2v) is 4.02. The van der Waals surface area contributed by atoms with Crippen molar-refractivity contribution in [1.82, 2.24) is 0 Å². The molecule has 0 spiro atoms. The number of ether oxygens (including phenoxy) is 2. The molecule has 0 fully saturated rings. The maximum atomic E-state index is 12.2. The number of hydrogen-bond donors (Lipinski definition) is 1. The van der Waals surface area contributed by atoms with Gasteiger partial charge in [-0.3, -0.25) is 0 Å². The third-order valence-corrected chi connectivity index (χ3v) is 1.89. The molecule has 0 heterocycles. The number of nitrogens with two attached hydrogens (primary N) is 1. The van der Waals surface area contributed by atoms with Crippen LogP contribution in [0.1, 0.15) is 13.8 Å². The second kappa shape index (κ2) is 7.86. The summed E-state index contributed by atoms with van der Waals surface area (Å²) in [5.41, 5.74) is 5.01. The van der Waals surface area contributed by atoms with Crippen molar-refractivity contribution in [3.8, 4) is 0 Å². The molecule has 0 radical (unpaired) electrons. The lowest BCUT2D eigenvalue weighted by Gasteiger charge is -2.18. The van der Waals surface area contributed by atoms with Gasteiger partial charge < -0.3 is 15.2 Å².